The molecule has 0 atom stereocenters. The number of hydrogen-bond donors (Lipinski definition) is 1. The summed E-state index contributed by atoms with van der Waals surface area (Å²) in [5.41, 5.74) is -0.356. The molecule has 0 saturated heterocycles. The molecule has 16 heavy (non-hydrogen) atoms. The number of hydrogen-bond acceptors (Lipinski definition) is 4. The van der Waals surface area contributed by atoms with Gasteiger partial charge >= 0.3 is 5.56 Å². The van der Waals surface area contributed by atoms with Crippen LogP contribution in [-0.4, -0.2) is 19.7 Å². The summed E-state index contributed by atoms with van der Waals surface area (Å²) in [7, 11) is 0. The van der Waals surface area contributed by atoms with Crippen molar-refractivity contribution in [3.05, 3.63) is 35.1 Å². The van der Waals surface area contributed by atoms with Crippen LogP contribution in [0.3, 0.4) is 0 Å². The minimum absolute atomic E-state index is 0.0264. The second kappa shape index (κ2) is 4.61. The van der Waals surface area contributed by atoms with Gasteiger partial charge in [-0.25, -0.2) is 4.98 Å². The Bertz CT molecular complexity index is 517. The Morgan fingerprint density at radius 1 is 1.56 bits per heavy atom. The van der Waals surface area contributed by atoms with Crippen molar-refractivity contribution in [2.45, 2.75) is 19.9 Å². The highest BCUT2D eigenvalue weighted by Gasteiger charge is 2.05. The Hall–Kier alpha value is -2.11. The van der Waals surface area contributed by atoms with Gasteiger partial charge in [-0.3, -0.25) is 9.48 Å². The monoisotopic (exact) mass is 220 g/mol. The summed E-state index contributed by atoms with van der Waals surface area (Å²) < 4.78 is 7.05. The number of ether oxygens (including phenoxy) is 1. The van der Waals surface area contributed by atoms with Crippen LogP contribution in [0, 0.1) is 0 Å². The van der Waals surface area contributed by atoms with Gasteiger partial charge in [0.2, 0.25) is 0 Å². The van der Waals surface area contributed by atoms with E-state index in [2.05, 4.69) is 22.0 Å². The van der Waals surface area contributed by atoms with Crippen LogP contribution >= 0.6 is 0 Å². The third-order valence-corrected chi connectivity index (χ3v) is 1.95. The van der Waals surface area contributed by atoms with Crippen molar-refractivity contribution in [3.63, 3.8) is 0 Å². The Balaban J connectivity index is 2.15. The maximum atomic E-state index is 11.3. The molecule has 1 N–H and O–H groups in total. The minimum Gasteiger partial charge on any atom is -0.431 e. The van der Waals surface area contributed by atoms with Crippen LogP contribution in [0.15, 0.2) is 29.6 Å². The smallest absolute Gasteiger partial charge is 0.311 e. The predicted molar refractivity (Wildman–Crippen MR) is 57.4 cm³/mol. The SMILES string of the molecule is CCCn1cc(Oc2ncc[nH]c2=O)cn1. The van der Waals surface area contributed by atoms with Gasteiger partial charge < -0.3 is 9.72 Å². The van der Waals surface area contributed by atoms with Crippen LogP contribution in [0.5, 0.6) is 11.6 Å². The molecule has 0 aliphatic carbocycles. The number of aromatic nitrogens is 4. The molecular formula is C10H12N4O2. The molecule has 0 aromatic carbocycles. The molecule has 0 bridgehead atoms. The fourth-order valence-electron chi connectivity index (χ4n) is 1.27. The number of aromatic amines is 1. The molecule has 0 fully saturated rings. The van der Waals surface area contributed by atoms with Gasteiger partial charge in [-0.1, -0.05) is 6.92 Å². The van der Waals surface area contributed by atoms with Gasteiger partial charge in [0, 0.05) is 18.9 Å². The van der Waals surface area contributed by atoms with Gasteiger partial charge in [0.25, 0.3) is 5.88 Å². The lowest BCUT2D eigenvalue weighted by atomic mass is 10.5. The molecule has 0 aliphatic heterocycles. The van der Waals surface area contributed by atoms with Crippen molar-refractivity contribution in [2.24, 2.45) is 0 Å². The maximum Gasteiger partial charge on any atom is 0.311 e. The van der Waals surface area contributed by atoms with Crippen molar-refractivity contribution in [1.82, 2.24) is 19.7 Å². The third-order valence-electron chi connectivity index (χ3n) is 1.95. The highest BCUT2D eigenvalue weighted by Crippen LogP contribution is 2.14. The first kappa shape index (κ1) is 10.4. The number of H-pyrrole nitrogens is 1. The molecule has 0 saturated carbocycles. The Labute approximate surface area is 91.9 Å². The molecule has 0 spiro atoms. The van der Waals surface area contributed by atoms with Crippen molar-refractivity contribution >= 4 is 0 Å². The van der Waals surface area contributed by atoms with Crippen molar-refractivity contribution in [3.8, 4) is 11.6 Å². The van der Waals surface area contributed by atoms with Gasteiger partial charge in [0.05, 0.1) is 12.4 Å². The minimum atomic E-state index is -0.356. The Morgan fingerprint density at radius 2 is 2.44 bits per heavy atom. The van der Waals surface area contributed by atoms with Crippen LogP contribution in [-0.2, 0) is 6.54 Å². The molecule has 2 rings (SSSR count). The molecule has 2 aromatic heterocycles. The first-order chi connectivity index (χ1) is 7.79. The summed E-state index contributed by atoms with van der Waals surface area (Å²) in [6, 6.07) is 0. The zero-order chi connectivity index (χ0) is 11.4. The van der Waals surface area contributed by atoms with Crippen LogP contribution in [0.2, 0.25) is 0 Å². The van der Waals surface area contributed by atoms with Crippen molar-refractivity contribution in [1.29, 1.82) is 0 Å². The van der Waals surface area contributed by atoms with Gasteiger partial charge in [0.1, 0.15) is 0 Å². The second-order valence-corrected chi connectivity index (χ2v) is 3.26. The molecule has 84 valence electrons. The Morgan fingerprint density at radius 3 is 3.19 bits per heavy atom. The Kier molecular flexibility index (Phi) is 3.00. The summed E-state index contributed by atoms with van der Waals surface area (Å²) in [6.07, 6.45) is 7.20. The first-order valence-corrected chi connectivity index (χ1v) is 5.03. The number of rotatable bonds is 4. The third kappa shape index (κ3) is 2.28. The van der Waals surface area contributed by atoms with Crippen molar-refractivity contribution in [2.75, 3.05) is 0 Å². The van der Waals surface area contributed by atoms with E-state index in [4.69, 9.17) is 4.74 Å². The van der Waals surface area contributed by atoms with E-state index in [-0.39, 0.29) is 11.4 Å². The summed E-state index contributed by atoms with van der Waals surface area (Å²) in [6.45, 7) is 2.88. The maximum absolute atomic E-state index is 11.3. The lowest BCUT2D eigenvalue weighted by molar-refractivity contribution is 0.452. The molecule has 0 amide bonds. The largest absolute Gasteiger partial charge is 0.431 e. The lowest BCUT2D eigenvalue weighted by Crippen LogP contribution is -2.08. The summed E-state index contributed by atoms with van der Waals surface area (Å²) in [4.78, 5) is 17.6. The van der Waals surface area contributed by atoms with E-state index in [9.17, 15) is 4.79 Å². The zero-order valence-electron chi connectivity index (χ0n) is 8.88. The zero-order valence-corrected chi connectivity index (χ0v) is 8.88. The molecule has 0 unspecified atom stereocenters. The molecule has 2 aromatic rings. The van der Waals surface area contributed by atoms with Crippen LogP contribution < -0.4 is 10.3 Å². The first-order valence-electron chi connectivity index (χ1n) is 5.03. The van der Waals surface area contributed by atoms with E-state index in [0.29, 0.717) is 5.75 Å². The number of aryl methyl sites for hydroxylation is 1. The normalized spacial score (nSPS) is 10.3. The fraction of sp³-hybridized carbons (Fsp3) is 0.300. The topological polar surface area (TPSA) is 72.8 Å². The molecule has 0 radical (unpaired) electrons. The van der Waals surface area contributed by atoms with Crippen LogP contribution in [0.25, 0.3) is 0 Å². The van der Waals surface area contributed by atoms with E-state index in [1.165, 1.54) is 12.4 Å². The van der Waals surface area contributed by atoms with E-state index in [1.54, 1.807) is 17.1 Å². The standard InChI is InChI=1S/C10H12N4O2/c1-2-5-14-7-8(6-13-14)16-10-9(15)11-3-4-12-10/h3-4,6-7H,2,5H2,1H3,(H,11,15). The molecule has 6 heteroatoms. The molecule has 0 aliphatic rings. The highest BCUT2D eigenvalue weighted by molar-refractivity contribution is 5.19. The van der Waals surface area contributed by atoms with Crippen LogP contribution in [0.1, 0.15) is 13.3 Å². The second-order valence-electron chi connectivity index (χ2n) is 3.26. The van der Waals surface area contributed by atoms with Crippen LogP contribution in [0.4, 0.5) is 0 Å². The van der Waals surface area contributed by atoms with Gasteiger partial charge in [-0.05, 0) is 6.42 Å². The van der Waals surface area contributed by atoms with Gasteiger partial charge in [-0.15, -0.1) is 0 Å². The fourth-order valence-corrected chi connectivity index (χ4v) is 1.27. The number of nitrogens with one attached hydrogen (secondary N) is 1. The molecule has 6 nitrogen and oxygen atoms in total. The van der Waals surface area contributed by atoms with E-state index < -0.39 is 0 Å². The quantitative estimate of drug-likeness (QED) is 0.839. The average Bonchev–Trinajstić information content (AvgIpc) is 2.70. The molecular weight excluding hydrogens is 208 g/mol. The predicted octanol–water partition coefficient (Wildman–Crippen LogP) is 1.17. The lowest BCUT2D eigenvalue weighted by Gasteiger charge is -1.98. The summed E-state index contributed by atoms with van der Waals surface area (Å²) >= 11 is 0. The van der Waals surface area contributed by atoms with E-state index >= 15 is 0 Å². The number of nitrogens with zero attached hydrogens (tertiary/aromatic N) is 3. The van der Waals surface area contributed by atoms with Gasteiger partial charge in [-0.2, -0.15) is 5.10 Å². The van der Waals surface area contributed by atoms with E-state index in [1.807, 2.05) is 0 Å². The summed E-state index contributed by atoms with van der Waals surface area (Å²) in [5.74, 6) is 0.538. The summed E-state index contributed by atoms with van der Waals surface area (Å²) in [5, 5.41) is 4.08. The average molecular weight is 220 g/mol. The molecule has 2 heterocycles. The van der Waals surface area contributed by atoms with Gasteiger partial charge in [0.15, 0.2) is 5.75 Å². The van der Waals surface area contributed by atoms with E-state index in [0.717, 1.165) is 13.0 Å². The highest BCUT2D eigenvalue weighted by atomic mass is 16.5. The van der Waals surface area contributed by atoms with Crippen molar-refractivity contribution < 1.29 is 4.74 Å².